The van der Waals surface area contributed by atoms with Crippen LogP contribution in [0.5, 0.6) is 0 Å². The van der Waals surface area contributed by atoms with Crippen LogP contribution in [-0.4, -0.2) is 19.3 Å². The van der Waals surface area contributed by atoms with Crippen molar-refractivity contribution in [3.8, 4) is 0 Å². The van der Waals surface area contributed by atoms with Gasteiger partial charge in [0.2, 0.25) is 0 Å². The van der Waals surface area contributed by atoms with E-state index in [9.17, 15) is 0 Å². The molecule has 0 saturated heterocycles. The van der Waals surface area contributed by atoms with E-state index in [1.165, 1.54) is 12.8 Å². The first kappa shape index (κ1) is 7.59. The van der Waals surface area contributed by atoms with Gasteiger partial charge in [0, 0.05) is 24.9 Å². The molecule has 64 valence electrons. The van der Waals surface area contributed by atoms with Gasteiger partial charge < -0.3 is 5.32 Å². The van der Waals surface area contributed by atoms with E-state index in [1.54, 1.807) is 0 Å². The van der Waals surface area contributed by atoms with Gasteiger partial charge in [0.15, 0.2) is 0 Å². The lowest BCUT2D eigenvalue weighted by molar-refractivity contribution is 0.519. The predicted molar refractivity (Wildman–Crippen MR) is 51.3 cm³/mol. The second kappa shape index (κ2) is 3.13. The molecule has 0 amide bonds. The van der Waals surface area contributed by atoms with E-state index in [1.807, 2.05) is 13.3 Å². The van der Waals surface area contributed by atoms with Gasteiger partial charge in [-0.15, -0.1) is 0 Å². The van der Waals surface area contributed by atoms with Gasteiger partial charge in [0.05, 0.1) is 6.04 Å². The molecule has 1 N–H and O–H groups in total. The molecule has 2 atom stereocenters. The van der Waals surface area contributed by atoms with Crippen LogP contribution in [0.1, 0.15) is 12.8 Å². The monoisotopic (exact) mass is 162 g/mol. The Hall–Kier alpha value is -1.05. The molecule has 0 aromatic carbocycles. The normalized spacial score (nSPS) is 32.6. The minimum absolute atomic E-state index is 0.507. The number of hydrogen-bond donors (Lipinski definition) is 1. The van der Waals surface area contributed by atoms with Gasteiger partial charge >= 0.3 is 0 Å². The summed E-state index contributed by atoms with van der Waals surface area (Å²) in [6.45, 7) is 0. The number of nitrogens with zero attached hydrogens (tertiary/aromatic N) is 1. The van der Waals surface area contributed by atoms with Crippen molar-refractivity contribution >= 4 is 6.21 Å². The van der Waals surface area contributed by atoms with Gasteiger partial charge in [-0.2, -0.15) is 0 Å². The van der Waals surface area contributed by atoms with E-state index < -0.39 is 0 Å². The lowest BCUT2D eigenvalue weighted by Crippen LogP contribution is -2.24. The van der Waals surface area contributed by atoms with E-state index in [0.717, 1.165) is 5.70 Å². The Kier molecular flexibility index (Phi) is 1.98. The number of dihydropyridines is 1. The highest BCUT2D eigenvalue weighted by atomic mass is 14.9. The fourth-order valence-electron chi connectivity index (χ4n) is 1.76. The summed E-state index contributed by atoms with van der Waals surface area (Å²) >= 11 is 0. The van der Waals surface area contributed by atoms with E-state index in [2.05, 4.69) is 28.5 Å². The average molecular weight is 162 g/mol. The Morgan fingerprint density at radius 1 is 1.58 bits per heavy atom. The fraction of sp³-hybridized carbons (Fsp3) is 0.500. The first-order valence-electron chi connectivity index (χ1n) is 4.49. The van der Waals surface area contributed by atoms with Crippen LogP contribution in [0.2, 0.25) is 0 Å². The molecule has 0 aromatic rings. The summed E-state index contributed by atoms with van der Waals surface area (Å²) in [6, 6.07) is 0.507. The zero-order chi connectivity index (χ0) is 8.39. The average Bonchev–Trinajstić information content (AvgIpc) is 2.17. The molecule has 2 nitrogen and oxygen atoms in total. The SMILES string of the molecule is CNC1=CC2C=CCCC2N=C1. The third-order valence-electron chi connectivity index (χ3n) is 2.50. The molecule has 0 saturated carbocycles. The van der Waals surface area contributed by atoms with Gasteiger partial charge in [0.25, 0.3) is 0 Å². The van der Waals surface area contributed by atoms with Crippen LogP contribution in [0.4, 0.5) is 0 Å². The van der Waals surface area contributed by atoms with Crippen molar-refractivity contribution < 1.29 is 0 Å². The summed E-state index contributed by atoms with van der Waals surface area (Å²) in [5, 5.41) is 3.11. The Labute approximate surface area is 73.1 Å². The maximum absolute atomic E-state index is 4.50. The number of aliphatic imine (C=N–C) groups is 1. The highest BCUT2D eigenvalue weighted by molar-refractivity contribution is 5.79. The second-order valence-electron chi connectivity index (χ2n) is 3.30. The molecule has 2 unspecified atom stereocenters. The zero-order valence-electron chi connectivity index (χ0n) is 7.33. The number of hydrogen-bond acceptors (Lipinski definition) is 2. The summed E-state index contributed by atoms with van der Waals surface area (Å²) < 4.78 is 0. The van der Waals surface area contributed by atoms with Crippen LogP contribution in [0.25, 0.3) is 0 Å². The minimum atomic E-state index is 0.507. The molecule has 1 aliphatic heterocycles. The van der Waals surface area contributed by atoms with Gasteiger partial charge in [-0.3, -0.25) is 4.99 Å². The molecule has 1 aliphatic carbocycles. The third kappa shape index (κ3) is 1.29. The number of rotatable bonds is 1. The van der Waals surface area contributed by atoms with E-state index >= 15 is 0 Å². The first-order valence-corrected chi connectivity index (χ1v) is 4.49. The summed E-state index contributed by atoms with van der Waals surface area (Å²) in [5.74, 6) is 0.534. The van der Waals surface area contributed by atoms with Crippen LogP contribution in [0, 0.1) is 5.92 Å². The Morgan fingerprint density at radius 3 is 3.33 bits per heavy atom. The highest BCUT2D eigenvalue weighted by Crippen LogP contribution is 2.25. The number of allylic oxidation sites excluding steroid dienone is 2. The molecule has 0 bridgehead atoms. The van der Waals surface area contributed by atoms with Crippen LogP contribution < -0.4 is 5.32 Å². The fourth-order valence-corrected chi connectivity index (χ4v) is 1.76. The first-order chi connectivity index (χ1) is 5.90. The summed E-state index contributed by atoms with van der Waals surface area (Å²) in [7, 11) is 1.94. The zero-order valence-corrected chi connectivity index (χ0v) is 7.33. The van der Waals surface area contributed by atoms with Gasteiger partial charge in [-0.05, 0) is 12.8 Å². The summed E-state index contributed by atoms with van der Waals surface area (Å²) in [6.07, 6.45) is 11.1. The number of fused-ring (bicyclic) bond motifs is 1. The predicted octanol–water partition coefficient (Wildman–Crippen LogP) is 1.51. The lowest BCUT2D eigenvalue weighted by atomic mass is 9.88. The summed E-state index contributed by atoms with van der Waals surface area (Å²) in [4.78, 5) is 4.50. The van der Waals surface area contributed by atoms with Crippen LogP contribution in [0.15, 0.2) is 28.9 Å². The maximum atomic E-state index is 4.50. The van der Waals surface area contributed by atoms with Crippen molar-refractivity contribution in [3.63, 3.8) is 0 Å². The Balaban J connectivity index is 2.19. The van der Waals surface area contributed by atoms with Crippen molar-refractivity contribution in [1.29, 1.82) is 0 Å². The molecule has 0 fully saturated rings. The summed E-state index contributed by atoms with van der Waals surface area (Å²) in [5.41, 5.74) is 1.14. The Bertz CT molecular complexity index is 251. The van der Waals surface area contributed by atoms with Gasteiger partial charge in [-0.25, -0.2) is 0 Å². The molecule has 0 radical (unpaired) electrons. The van der Waals surface area contributed by atoms with E-state index in [-0.39, 0.29) is 0 Å². The van der Waals surface area contributed by atoms with Gasteiger partial charge in [-0.1, -0.05) is 18.2 Å². The standard InChI is InChI=1S/C10H14N2/c1-11-9-6-8-4-2-3-5-10(8)12-7-9/h2,4,6-8,10-11H,3,5H2,1H3. The van der Waals surface area contributed by atoms with E-state index in [4.69, 9.17) is 0 Å². The molecular weight excluding hydrogens is 148 g/mol. The lowest BCUT2D eigenvalue weighted by Gasteiger charge is -2.25. The molecule has 2 heteroatoms. The second-order valence-corrected chi connectivity index (χ2v) is 3.30. The van der Waals surface area contributed by atoms with Crippen LogP contribution in [0.3, 0.4) is 0 Å². The third-order valence-corrected chi connectivity index (χ3v) is 2.50. The number of nitrogens with one attached hydrogen (secondary N) is 1. The van der Waals surface area contributed by atoms with Crippen molar-refractivity contribution in [2.45, 2.75) is 18.9 Å². The molecule has 12 heavy (non-hydrogen) atoms. The topological polar surface area (TPSA) is 24.4 Å². The van der Waals surface area contributed by atoms with Gasteiger partial charge in [0.1, 0.15) is 0 Å². The van der Waals surface area contributed by atoms with Crippen molar-refractivity contribution in [2.75, 3.05) is 7.05 Å². The largest absolute Gasteiger partial charge is 0.387 e. The van der Waals surface area contributed by atoms with Crippen molar-refractivity contribution in [2.24, 2.45) is 10.9 Å². The quantitative estimate of drug-likeness (QED) is 0.581. The van der Waals surface area contributed by atoms with Crippen LogP contribution in [-0.2, 0) is 0 Å². The Morgan fingerprint density at radius 2 is 2.50 bits per heavy atom. The smallest absolute Gasteiger partial charge is 0.0601 e. The highest BCUT2D eigenvalue weighted by Gasteiger charge is 2.21. The molecule has 1 heterocycles. The van der Waals surface area contributed by atoms with E-state index in [0.29, 0.717) is 12.0 Å². The molecule has 2 aliphatic rings. The molecule has 0 spiro atoms. The minimum Gasteiger partial charge on any atom is -0.387 e. The van der Waals surface area contributed by atoms with Crippen molar-refractivity contribution in [1.82, 2.24) is 5.32 Å². The molecule has 2 rings (SSSR count). The van der Waals surface area contributed by atoms with Crippen molar-refractivity contribution in [3.05, 3.63) is 23.9 Å². The van der Waals surface area contributed by atoms with Crippen LogP contribution >= 0.6 is 0 Å². The molecular formula is C10H14N2. The maximum Gasteiger partial charge on any atom is 0.0601 e. The molecule has 0 aromatic heterocycles.